The van der Waals surface area contributed by atoms with E-state index in [2.05, 4.69) is 23.0 Å². The third-order valence-electron chi connectivity index (χ3n) is 3.48. The lowest BCUT2D eigenvalue weighted by Crippen LogP contribution is -2.36. The number of hydrogen-bond acceptors (Lipinski definition) is 2. The zero-order valence-electron chi connectivity index (χ0n) is 9.82. The minimum absolute atomic E-state index is 0.606. The fourth-order valence-corrected chi connectivity index (χ4v) is 2.64. The summed E-state index contributed by atoms with van der Waals surface area (Å²) in [5.41, 5.74) is 1.30. The molecule has 16 heavy (non-hydrogen) atoms. The van der Waals surface area contributed by atoms with Gasteiger partial charge in [0, 0.05) is 12.2 Å². The smallest absolute Gasteiger partial charge is 0.129 e. The molecule has 1 aliphatic rings. The van der Waals surface area contributed by atoms with Crippen LogP contribution in [0, 0.1) is 0 Å². The van der Waals surface area contributed by atoms with Gasteiger partial charge in [-0.05, 0) is 57.0 Å². The van der Waals surface area contributed by atoms with Crippen LogP contribution >= 0.6 is 11.6 Å². The minimum Gasteiger partial charge on any atom is -0.303 e. The molecule has 2 heterocycles. The Hall–Kier alpha value is -0.600. The molecule has 1 aromatic rings. The molecule has 1 atom stereocenters. The van der Waals surface area contributed by atoms with Crippen LogP contribution in [-0.2, 0) is 6.42 Å². The molecule has 0 saturated carbocycles. The molecule has 88 valence electrons. The van der Waals surface area contributed by atoms with E-state index in [1.54, 1.807) is 6.20 Å². The fraction of sp³-hybridized carbons (Fsp3) is 0.615. The zero-order valence-corrected chi connectivity index (χ0v) is 10.6. The Morgan fingerprint density at radius 3 is 3.12 bits per heavy atom. The van der Waals surface area contributed by atoms with Crippen molar-refractivity contribution < 1.29 is 0 Å². The molecule has 1 fully saturated rings. The number of aryl methyl sites for hydroxylation is 1. The van der Waals surface area contributed by atoms with E-state index in [0.717, 1.165) is 12.5 Å². The van der Waals surface area contributed by atoms with Crippen molar-refractivity contribution in [3.05, 3.63) is 29.0 Å². The normalized spacial score (nSPS) is 22.2. The van der Waals surface area contributed by atoms with Gasteiger partial charge in [0.15, 0.2) is 0 Å². The van der Waals surface area contributed by atoms with Gasteiger partial charge in [-0.2, -0.15) is 0 Å². The predicted molar refractivity (Wildman–Crippen MR) is 67.8 cm³/mol. The Labute approximate surface area is 103 Å². The average Bonchev–Trinajstić information content (AvgIpc) is 2.28. The molecule has 0 aromatic carbocycles. The van der Waals surface area contributed by atoms with Crippen molar-refractivity contribution >= 4 is 11.6 Å². The quantitative estimate of drug-likeness (QED) is 0.753. The first-order valence-electron chi connectivity index (χ1n) is 6.06. The summed E-state index contributed by atoms with van der Waals surface area (Å²) in [5.74, 6) is 0. The molecule has 2 nitrogen and oxygen atoms in total. The van der Waals surface area contributed by atoms with Crippen molar-refractivity contribution in [3.8, 4) is 0 Å². The first-order chi connectivity index (χ1) is 7.75. The van der Waals surface area contributed by atoms with Crippen LogP contribution in [0.5, 0.6) is 0 Å². The standard InChI is InChI=1S/C13H19ClN2/c1-16-9-3-2-4-12(16)6-5-11-7-8-15-13(14)10-11/h7-8,10,12H,2-6,9H2,1H3. The zero-order chi connectivity index (χ0) is 11.4. The molecule has 1 saturated heterocycles. The van der Waals surface area contributed by atoms with Gasteiger partial charge in [-0.1, -0.05) is 18.0 Å². The highest BCUT2D eigenvalue weighted by Gasteiger charge is 2.18. The number of pyridine rings is 1. The maximum atomic E-state index is 5.87. The molecule has 0 radical (unpaired) electrons. The Balaban J connectivity index is 1.86. The van der Waals surface area contributed by atoms with Gasteiger partial charge >= 0.3 is 0 Å². The Bertz CT molecular complexity index is 340. The van der Waals surface area contributed by atoms with Gasteiger partial charge in [-0.25, -0.2) is 4.98 Å². The second-order valence-electron chi connectivity index (χ2n) is 4.66. The van der Waals surface area contributed by atoms with Gasteiger partial charge in [0.05, 0.1) is 0 Å². The Morgan fingerprint density at radius 2 is 2.38 bits per heavy atom. The summed E-state index contributed by atoms with van der Waals surface area (Å²) >= 11 is 5.87. The summed E-state index contributed by atoms with van der Waals surface area (Å²) in [6.45, 7) is 1.25. The summed E-state index contributed by atoms with van der Waals surface area (Å²) in [5, 5.41) is 0.606. The van der Waals surface area contributed by atoms with Gasteiger partial charge in [-0.3, -0.25) is 0 Å². The monoisotopic (exact) mass is 238 g/mol. The summed E-state index contributed by atoms with van der Waals surface area (Å²) in [7, 11) is 2.24. The number of hydrogen-bond donors (Lipinski definition) is 0. The van der Waals surface area contributed by atoms with E-state index in [0.29, 0.717) is 5.15 Å². The van der Waals surface area contributed by atoms with Crippen molar-refractivity contribution in [3.63, 3.8) is 0 Å². The summed E-state index contributed by atoms with van der Waals surface area (Å²) in [6, 6.07) is 4.79. The van der Waals surface area contributed by atoms with E-state index in [1.807, 2.05) is 6.07 Å². The van der Waals surface area contributed by atoms with Crippen LogP contribution in [-0.4, -0.2) is 29.5 Å². The third kappa shape index (κ3) is 3.19. The van der Waals surface area contributed by atoms with E-state index in [4.69, 9.17) is 11.6 Å². The van der Waals surface area contributed by atoms with Gasteiger partial charge in [0.1, 0.15) is 5.15 Å². The maximum Gasteiger partial charge on any atom is 0.129 e. The van der Waals surface area contributed by atoms with Gasteiger partial charge in [-0.15, -0.1) is 0 Å². The lowest BCUT2D eigenvalue weighted by atomic mass is 9.97. The number of aromatic nitrogens is 1. The summed E-state index contributed by atoms with van der Waals surface area (Å²) in [6.07, 6.45) is 8.21. The molecule has 0 amide bonds. The molecule has 3 heteroatoms. The molecule has 1 aliphatic heterocycles. The minimum atomic E-state index is 0.606. The predicted octanol–water partition coefficient (Wildman–Crippen LogP) is 3.15. The van der Waals surface area contributed by atoms with Crippen molar-refractivity contribution in [1.29, 1.82) is 0 Å². The summed E-state index contributed by atoms with van der Waals surface area (Å²) < 4.78 is 0. The van der Waals surface area contributed by atoms with Crippen molar-refractivity contribution in [2.75, 3.05) is 13.6 Å². The van der Waals surface area contributed by atoms with Crippen LogP contribution in [0.15, 0.2) is 18.3 Å². The Kier molecular flexibility index (Phi) is 4.19. The molecular formula is C13H19ClN2. The molecular weight excluding hydrogens is 220 g/mol. The first-order valence-corrected chi connectivity index (χ1v) is 6.44. The first kappa shape index (κ1) is 11.9. The molecule has 2 rings (SSSR count). The van der Waals surface area contributed by atoms with Crippen molar-refractivity contribution in [1.82, 2.24) is 9.88 Å². The van der Waals surface area contributed by atoms with Crippen LogP contribution in [0.25, 0.3) is 0 Å². The second kappa shape index (κ2) is 5.65. The largest absolute Gasteiger partial charge is 0.303 e. The average molecular weight is 239 g/mol. The van der Waals surface area contributed by atoms with Crippen LogP contribution in [0.1, 0.15) is 31.2 Å². The highest BCUT2D eigenvalue weighted by molar-refractivity contribution is 6.29. The topological polar surface area (TPSA) is 16.1 Å². The molecule has 0 bridgehead atoms. The third-order valence-corrected chi connectivity index (χ3v) is 3.69. The van der Waals surface area contributed by atoms with Crippen LogP contribution in [0.2, 0.25) is 5.15 Å². The maximum absolute atomic E-state index is 5.87. The van der Waals surface area contributed by atoms with Crippen molar-refractivity contribution in [2.45, 2.75) is 38.1 Å². The fourth-order valence-electron chi connectivity index (χ4n) is 2.44. The van der Waals surface area contributed by atoms with Crippen LogP contribution in [0.3, 0.4) is 0 Å². The molecule has 1 unspecified atom stereocenters. The van der Waals surface area contributed by atoms with Crippen molar-refractivity contribution in [2.24, 2.45) is 0 Å². The van der Waals surface area contributed by atoms with E-state index in [-0.39, 0.29) is 0 Å². The van der Waals surface area contributed by atoms with Gasteiger partial charge < -0.3 is 4.90 Å². The van der Waals surface area contributed by atoms with Crippen LogP contribution in [0.4, 0.5) is 0 Å². The van der Waals surface area contributed by atoms with E-state index in [1.165, 1.54) is 37.8 Å². The highest BCUT2D eigenvalue weighted by Crippen LogP contribution is 2.20. The second-order valence-corrected chi connectivity index (χ2v) is 5.04. The summed E-state index contributed by atoms with van der Waals surface area (Å²) in [4.78, 5) is 6.50. The lowest BCUT2D eigenvalue weighted by Gasteiger charge is -2.32. The molecule has 1 aromatic heterocycles. The molecule has 0 aliphatic carbocycles. The number of rotatable bonds is 3. The Morgan fingerprint density at radius 1 is 1.50 bits per heavy atom. The van der Waals surface area contributed by atoms with Gasteiger partial charge in [0.2, 0.25) is 0 Å². The van der Waals surface area contributed by atoms with Gasteiger partial charge in [0.25, 0.3) is 0 Å². The SMILES string of the molecule is CN1CCCCC1CCc1ccnc(Cl)c1. The van der Waals surface area contributed by atoms with E-state index >= 15 is 0 Å². The van der Waals surface area contributed by atoms with E-state index in [9.17, 15) is 0 Å². The molecule has 0 N–H and O–H groups in total. The number of halogens is 1. The van der Waals surface area contributed by atoms with E-state index < -0.39 is 0 Å². The highest BCUT2D eigenvalue weighted by atomic mass is 35.5. The number of piperidine rings is 1. The number of likely N-dealkylation sites (tertiary alicyclic amines) is 1. The lowest BCUT2D eigenvalue weighted by molar-refractivity contribution is 0.176. The van der Waals surface area contributed by atoms with Crippen LogP contribution < -0.4 is 0 Å². The number of nitrogens with zero attached hydrogens (tertiary/aromatic N) is 2. The molecule has 0 spiro atoms.